The van der Waals surface area contributed by atoms with Gasteiger partial charge >= 0.3 is 6.09 Å². The molecule has 2 heterocycles. The lowest BCUT2D eigenvalue weighted by Crippen LogP contribution is -2.61. The zero-order chi connectivity index (χ0) is 22.9. The first-order chi connectivity index (χ1) is 13.6. The van der Waals surface area contributed by atoms with Crippen LogP contribution in [0.3, 0.4) is 0 Å². The minimum Gasteiger partial charge on any atom is -0.444 e. The van der Waals surface area contributed by atoms with Gasteiger partial charge in [0.15, 0.2) is 0 Å². The molecule has 1 aromatic rings. The topological polar surface area (TPSA) is 67.3 Å². The van der Waals surface area contributed by atoms with Crippen molar-refractivity contribution < 1.29 is 13.9 Å². The molecule has 2 unspecified atom stereocenters. The fourth-order valence-electron chi connectivity index (χ4n) is 3.10. The Morgan fingerprint density at radius 3 is 2.60 bits per heavy atom. The van der Waals surface area contributed by atoms with Gasteiger partial charge in [0, 0.05) is 11.7 Å². The molecular weight excluding hydrogens is 423 g/mol. The van der Waals surface area contributed by atoms with Gasteiger partial charge in [-0.05, 0) is 52.6 Å². The number of nitrogens with zero attached hydrogens (tertiary/aromatic N) is 3. The smallest absolute Gasteiger partial charge is 0.410 e. The van der Waals surface area contributed by atoms with Crippen LogP contribution in [0.5, 0.6) is 0 Å². The second-order valence-electron chi connectivity index (χ2n) is 10.3. The number of halogens is 2. The van der Waals surface area contributed by atoms with Crippen molar-refractivity contribution in [1.82, 2.24) is 14.9 Å². The fraction of sp³-hybridized carbons (Fsp3) is 0.667. The summed E-state index contributed by atoms with van der Waals surface area (Å²) in [5.74, 6) is 3.53. The van der Waals surface area contributed by atoms with Crippen molar-refractivity contribution >= 4 is 31.6 Å². The zero-order valence-electron chi connectivity index (χ0n) is 19.1. The van der Waals surface area contributed by atoms with Crippen LogP contribution in [-0.4, -0.2) is 58.9 Å². The molecule has 30 heavy (non-hydrogen) atoms. The Balaban J connectivity index is 2.24. The summed E-state index contributed by atoms with van der Waals surface area (Å²) in [5.41, 5.74) is 2.60. The van der Waals surface area contributed by atoms with Crippen LogP contribution in [0.25, 0.3) is 0 Å². The number of aromatic nitrogens is 2. The van der Waals surface area contributed by atoms with Crippen LogP contribution in [-0.2, 0) is 4.74 Å². The predicted octanol–water partition coefficient (Wildman–Crippen LogP) is 4.90. The van der Waals surface area contributed by atoms with Crippen LogP contribution < -0.4 is 5.32 Å². The van der Waals surface area contributed by atoms with Crippen molar-refractivity contribution in [2.75, 3.05) is 11.9 Å². The van der Waals surface area contributed by atoms with Gasteiger partial charge < -0.3 is 15.0 Å². The van der Waals surface area contributed by atoms with Gasteiger partial charge in [-0.3, -0.25) is 0 Å². The van der Waals surface area contributed by atoms with Gasteiger partial charge in [-0.2, -0.15) is 4.98 Å². The van der Waals surface area contributed by atoms with Crippen molar-refractivity contribution in [3.8, 4) is 11.5 Å². The number of hydrogen-bond acceptors (Lipinski definition) is 5. The molecule has 1 aromatic heterocycles. The molecular formula is C21H32ClFN4O2Si. The van der Waals surface area contributed by atoms with Crippen molar-refractivity contribution in [3.63, 3.8) is 0 Å². The molecule has 0 aliphatic carbocycles. The number of anilines is 1. The molecule has 0 bridgehead atoms. The third kappa shape index (κ3) is 6.85. The molecule has 166 valence electrons. The molecule has 1 N–H and O–H groups in total. The third-order valence-electron chi connectivity index (χ3n) is 4.51. The summed E-state index contributed by atoms with van der Waals surface area (Å²) in [4.78, 5) is 22.3. The molecule has 1 amide bonds. The van der Waals surface area contributed by atoms with Crippen molar-refractivity contribution in [1.29, 1.82) is 0 Å². The molecule has 1 aliphatic heterocycles. The van der Waals surface area contributed by atoms with E-state index < -0.39 is 37.5 Å². The van der Waals surface area contributed by atoms with E-state index in [0.29, 0.717) is 17.8 Å². The first-order valence-corrected chi connectivity index (χ1v) is 13.9. The molecule has 6 nitrogen and oxygen atoms in total. The summed E-state index contributed by atoms with van der Waals surface area (Å²) in [6.07, 6.45) is 0.104. The summed E-state index contributed by atoms with van der Waals surface area (Å²) >= 11 is 5.98. The Morgan fingerprint density at radius 1 is 1.40 bits per heavy atom. The van der Waals surface area contributed by atoms with Gasteiger partial charge in [-0.1, -0.05) is 25.6 Å². The first-order valence-electron chi connectivity index (χ1n) is 10.0. The molecule has 0 aromatic carbocycles. The number of carbonyl (C=O) groups excluding carboxylic acids is 1. The van der Waals surface area contributed by atoms with E-state index in [4.69, 9.17) is 16.3 Å². The molecule has 9 heteroatoms. The number of amides is 1. The monoisotopic (exact) mass is 454 g/mol. The Kier molecular flexibility index (Phi) is 7.09. The van der Waals surface area contributed by atoms with Crippen LogP contribution in [0.1, 0.15) is 46.6 Å². The number of hydrogen-bond donors (Lipinski definition) is 1. The summed E-state index contributed by atoms with van der Waals surface area (Å²) in [7, 11) is -1.62. The molecule has 2 rings (SSSR count). The van der Waals surface area contributed by atoms with Crippen LogP contribution in [0.15, 0.2) is 6.20 Å². The number of piperidine rings is 1. The van der Waals surface area contributed by atoms with E-state index >= 15 is 4.39 Å². The number of alkyl halides is 1. The van der Waals surface area contributed by atoms with E-state index in [1.165, 1.54) is 4.90 Å². The lowest BCUT2D eigenvalue weighted by Gasteiger charge is -2.47. The summed E-state index contributed by atoms with van der Waals surface area (Å²) in [5, 5.41) is 3.23. The Bertz CT molecular complexity index is 855. The average molecular weight is 455 g/mol. The van der Waals surface area contributed by atoms with E-state index in [2.05, 4.69) is 46.4 Å². The van der Waals surface area contributed by atoms with Crippen molar-refractivity contribution in [2.24, 2.45) is 0 Å². The van der Waals surface area contributed by atoms with Gasteiger partial charge in [0.05, 0.1) is 18.2 Å². The fourth-order valence-corrected chi connectivity index (χ4v) is 3.74. The van der Waals surface area contributed by atoms with E-state index in [-0.39, 0.29) is 11.8 Å². The Morgan fingerprint density at radius 2 is 2.03 bits per heavy atom. The number of likely N-dealkylation sites (tertiary alicyclic amines) is 1. The van der Waals surface area contributed by atoms with Crippen LogP contribution in [0.2, 0.25) is 24.9 Å². The highest BCUT2D eigenvalue weighted by Gasteiger charge is 2.44. The maximum absolute atomic E-state index is 15.1. The first kappa shape index (κ1) is 24.4. The number of carbonyl (C=O) groups is 1. The zero-order valence-corrected chi connectivity index (χ0v) is 20.8. The lowest BCUT2D eigenvalue weighted by atomic mass is 9.86. The predicted molar refractivity (Wildman–Crippen MR) is 121 cm³/mol. The molecule has 0 spiro atoms. The van der Waals surface area contributed by atoms with Gasteiger partial charge in [-0.25, -0.2) is 14.2 Å². The highest BCUT2D eigenvalue weighted by molar-refractivity contribution is 6.83. The molecule has 1 fully saturated rings. The van der Waals surface area contributed by atoms with Crippen LogP contribution in [0.4, 0.5) is 15.0 Å². The quantitative estimate of drug-likeness (QED) is 0.391. The molecule has 0 radical (unpaired) electrons. The van der Waals surface area contributed by atoms with E-state index in [9.17, 15) is 4.79 Å². The summed E-state index contributed by atoms with van der Waals surface area (Å²) in [6, 6.07) is -0.558. The molecule has 0 saturated carbocycles. The molecule has 1 aliphatic rings. The van der Waals surface area contributed by atoms with Gasteiger partial charge in [0.25, 0.3) is 0 Å². The van der Waals surface area contributed by atoms with E-state index in [1.807, 2.05) is 13.8 Å². The lowest BCUT2D eigenvalue weighted by molar-refractivity contribution is -0.0229. The van der Waals surface area contributed by atoms with Crippen LogP contribution >= 0.6 is 11.6 Å². The standard InChI is InChI=1S/C21H32ClFN4O2Si/c1-20(2,3)29-19(28)27-13-15(23)16(11-21(27,4)5)25-17-14(9-10-30(6,7)8)12-24-18(22)26-17/h12,15-16H,11,13H2,1-8H3,(H,24,25,26). The maximum Gasteiger partial charge on any atom is 0.410 e. The van der Waals surface area contributed by atoms with Gasteiger partial charge in [-0.15, -0.1) is 5.54 Å². The molecule has 2 atom stereocenters. The third-order valence-corrected chi connectivity index (χ3v) is 5.57. The molecule has 1 saturated heterocycles. The normalized spacial score (nSPS) is 21.5. The average Bonchev–Trinajstić information content (AvgIpc) is 2.54. The summed E-state index contributed by atoms with van der Waals surface area (Å²) in [6.45, 7) is 15.5. The Labute approximate surface area is 185 Å². The second-order valence-corrected chi connectivity index (χ2v) is 15.4. The minimum absolute atomic E-state index is 0.0666. The van der Waals surface area contributed by atoms with Crippen molar-refractivity contribution in [3.05, 3.63) is 17.0 Å². The highest BCUT2D eigenvalue weighted by atomic mass is 35.5. The summed E-state index contributed by atoms with van der Waals surface area (Å²) < 4.78 is 20.6. The number of nitrogens with one attached hydrogen (secondary N) is 1. The SMILES string of the molecule is CC(C)(C)OC(=O)N1CC(F)C(Nc2nc(Cl)ncc2C#C[Si](C)(C)C)CC1(C)C. The second kappa shape index (κ2) is 8.72. The highest BCUT2D eigenvalue weighted by Crippen LogP contribution is 2.32. The van der Waals surface area contributed by atoms with Crippen molar-refractivity contribution in [2.45, 2.75) is 84.0 Å². The largest absolute Gasteiger partial charge is 0.444 e. The maximum atomic E-state index is 15.1. The van der Waals surface area contributed by atoms with Gasteiger partial charge in [0.1, 0.15) is 25.7 Å². The minimum atomic E-state index is -1.62. The Hall–Kier alpha value is -1.85. The number of ether oxygens (including phenoxy) is 1. The van der Waals surface area contributed by atoms with Gasteiger partial charge in [0.2, 0.25) is 5.28 Å². The number of rotatable bonds is 2. The van der Waals surface area contributed by atoms with E-state index in [1.54, 1.807) is 27.0 Å². The van der Waals surface area contributed by atoms with Crippen LogP contribution in [0, 0.1) is 11.5 Å². The van der Waals surface area contributed by atoms with E-state index in [0.717, 1.165) is 0 Å².